The first-order valence-electron chi connectivity index (χ1n) is 26.4. The first-order valence-corrected chi connectivity index (χ1v) is 26.4. The highest BCUT2D eigenvalue weighted by Crippen LogP contribution is 2.18. The number of carbonyl (C=O) groups excluding carboxylic acids is 2. The minimum absolute atomic E-state index is 0.0739. The lowest BCUT2D eigenvalue weighted by Crippen LogP contribution is -2.46. The second kappa shape index (κ2) is 47.6. The van der Waals surface area contributed by atoms with Gasteiger partial charge < -0.3 is 20.3 Å². The Morgan fingerprint density at radius 1 is 0.475 bits per heavy atom. The fourth-order valence-corrected chi connectivity index (χ4v) is 8.31. The van der Waals surface area contributed by atoms with Crippen LogP contribution in [0.15, 0.2) is 12.2 Å². The van der Waals surface area contributed by atoms with E-state index in [0.717, 1.165) is 57.8 Å². The summed E-state index contributed by atoms with van der Waals surface area (Å²) in [5.41, 5.74) is 0. The zero-order valence-corrected chi connectivity index (χ0v) is 39.9. The largest absolute Gasteiger partial charge is 0.462 e. The van der Waals surface area contributed by atoms with Gasteiger partial charge in [-0.25, -0.2) is 0 Å². The second-order valence-electron chi connectivity index (χ2n) is 18.3. The zero-order valence-electron chi connectivity index (χ0n) is 39.9. The Hall–Kier alpha value is -1.40. The molecule has 0 saturated carbocycles. The van der Waals surface area contributed by atoms with E-state index in [1.807, 2.05) is 0 Å². The molecule has 0 fully saturated rings. The van der Waals surface area contributed by atoms with Gasteiger partial charge in [-0.05, 0) is 51.4 Å². The smallest absolute Gasteiger partial charge is 0.306 e. The van der Waals surface area contributed by atoms with E-state index >= 15 is 0 Å². The molecule has 3 unspecified atom stereocenters. The van der Waals surface area contributed by atoms with Gasteiger partial charge in [-0.3, -0.25) is 9.59 Å². The average molecular weight is 834 g/mol. The van der Waals surface area contributed by atoms with Crippen LogP contribution >= 0.6 is 0 Å². The number of allylic oxidation sites excluding steroid dienone is 2. The third kappa shape index (κ3) is 43.1. The van der Waals surface area contributed by atoms with Crippen LogP contribution in [-0.2, 0) is 14.3 Å². The quantitative estimate of drug-likeness (QED) is 0.0322. The predicted octanol–water partition coefficient (Wildman–Crippen LogP) is 15.7. The molecular formula is C53H103NO5. The lowest BCUT2D eigenvalue weighted by Gasteiger charge is -2.24. The summed E-state index contributed by atoms with van der Waals surface area (Å²) in [6.45, 7) is 6.49. The number of amides is 1. The maximum Gasteiger partial charge on any atom is 0.306 e. The summed E-state index contributed by atoms with van der Waals surface area (Å²) in [4.78, 5) is 26.1. The summed E-state index contributed by atoms with van der Waals surface area (Å²) in [6.07, 6.45) is 52.7. The zero-order chi connectivity index (χ0) is 43.1. The van der Waals surface area contributed by atoms with E-state index in [2.05, 4.69) is 38.2 Å². The van der Waals surface area contributed by atoms with Gasteiger partial charge in [-0.2, -0.15) is 0 Å². The molecular weight excluding hydrogens is 731 g/mol. The first-order chi connectivity index (χ1) is 29.0. The van der Waals surface area contributed by atoms with E-state index in [-0.39, 0.29) is 24.9 Å². The number of carbonyl (C=O) groups is 2. The summed E-state index contributed by atoms with van der Waals surface area (Å²) in [7, 11) is 0. The Bertz CT molecular complexity index is 893. The fourth-order valence-electron chi connectivity index (χ4n) is 8.31. The Kier molecular flexibility index (Phi) is 46.5. The van der Waals surface area contributed by atoms with E-state index in [9.17, 15) is 19.8 Å². The van der Waals surface area contributed by atoms with Crippen molar-refractivity contribution in [3.63, 3.8) is 0 Å². The molecule has 1 amide bonds. The van der Waals surface area contributed by atoms with Crippen LogP contribution in [0.4, 0.5) is 0 Å². The van der Waals surface area contributed by atoms with Gasteiger partial charge in [0.15, 0.2) is 0 Å². The molecule has 350 valence electrons. The molecule has 0 heterocycles. The van der Waals surface area contributed by atoms with Gasteiger partial charge in [0.1, 0.15) is 6.10 Å². The van der Waals surface area contributed by atoms with Crippen molar-refractivity contribution in [2.24, 2.45) is 0 Å². The highest BCUT2D eigenvalue weighted by Gasteiger charge is 2.24. The number of hydrogen-bond acceptors (Lipinski definition) is 5. The Morgan fingerprint density at radius 3 is 1.22 bits per heavy atom. The minimum Gasteiger partial charge on any atom is -0.462 e. The molecule has 3 atom stereocenters. The van der Waals surface area contributed by atoms with E-state index < -0.39 is 18.2 Å². The fraction of sp³-hybridized carbons (Fsp3) is 0.925. The van der Waals surface area contributed by atoms with Crippen LogP contribution in [0.3, 0.4) is 0 Å². The van der Waals surface area contributed by atoms with Crippen molar-refractivity contribution in [3.05, 3.63) is 12.2 Å². The van der Waals surface area contributed by atoms with Crippen molar-refractivity contribution >= 4 is 11.9 Å². The number of aliphatic hydroxyl groups excluding tert-OH is 2. The molecule has 6 nitrogen and oxygen atoms in total. The summed E-state index contributed by atoms with van der Waals surface area (Å²) in [5, 5.41) is 23.7. The molecule has 0 bridgehead atoms. The standard InChI is InChI=1S/C53H103NO5/c1-4-7-10-13-16-19-22-24-26-27-29-31-34-37-40-43-46-53(58)59-49(44-41-38-35-32-30-28-25-23-20-17-14-11-8-5-2)47-52(57)54-50(48-55)51(56)45-42-39-36-33-21-18-15-12-9-6-3/h28,30,49-51,55-56H,4-27,29,31-48H2,1-3H3,(H,54,57)/b30-28+. The maximum atomic E-state index is 13.2. The monoisotopic (exact) mass is 834 g/mol. The second-order valence-corrected chi connectivity index (χ2v) is 18.3. The molecule has 59 heavy (non-hydrogen) atoms. The number of hydrogen-bond donors (Lipinski definition) is 3. The molecule has 0 aliphatic heterocycles. The van der Waals surface area contributed by atoms with Crippen LogP contribution in [-0.4, -0.2) is 46.9 Å². The van der Waals surface area contributed by atoms with Crippen LogP contribution in [0.1, 0.15) is 290 Å². The third-order valence-electron chi connectivity index (χ3n) is 12.3. The van der Waals surface area contributed by atoms with E-state index in [4.69, 9.17) is 4.74 Å². The van der Waals surface area contributed by atoms with Gasteiger partial charge in [0.25, 0.3) is 0 Å². The predicted molar refractivity (Wildman–Crippen MR) is 255 cm³/mol. The molecule has 0 aliphatic carbocycles. The summed E-state index contributed by atoms with van der Waals surface area (Å²) < 4.78 is 5.93. The molecule has 0 aromatic carbocycles. The van der Waals surface area contributed by atoms with Crippen molar-refractivity contribution in [2.75, 3.05) is 6.61 Å². The van der Waals surface area contributed by atoms with E-state index in [1.54, 1.807) is 0 Å². The highest BCUT2D eigenvalue weighted by molar-refractivity contribution is 5.77. The molecule has 0 aromatic heterocycles. The van der Waals surface area contributed by atoms with Crippen LogP contribution in [0.2, 0.25) is 0 Å². The number of aliphatic hydroxyl groups is 2. The Balaban J connectivity index is 4.54. The van der Waals surface area contributed by atoms with Crippen LogP contribution in [0, 0.1) is 0 Å². The van der Waals surface area contributed by atoms with Crippen molar-refractivity contribution in [3.8, 4) is 0 Å². The van der Waals surface area contributed by atoms with E-state index in [1.165, 1.54) is 186 Å². The topological polar surface area (TPSA) is 95.9 Å². The van der Waals surface area contributed by atoms with Crippen LogP contribution < -0.4 is 5.32 Å². The lowest BCUT2D eigenvalue weighted by atomic mass is 10.0. The van der Waals surface area contributed by atoms with Gasteiger partial charge in [0.2, 0.25) is 5.91 Å². The molecule has 0 saturated heterocycles. The summed E-state index contributed by atoms with van der Waals surface area (Å²) in [6, 6.07) is -0.699. The maximum absolute atomic E-state index is 13.2. The number of ether oxygens (including phenoxy) is 1. The molecule has 0 rings (SSSR count). The Morgan fingerprint density at radius 2 is 0.814 bits per heavy atom. The SMILES string of the molecule is CCCCCCCCC/C=C/CCCCCC(CC(=O)NC(CO)C(O)CCCCCCCCCCCC)OC(=O)CCCCCCCCCCCCCCCCCC. The minimum atomic E-state index is -0.784. The highest BCUT2D eigenvalue weighted by atomic mass is 16.5. The molecule has 3 N–H and O–H groups in total. The number of unbranched alkanes of at least 4 members (excludes halogenated alkanes) is 34. The van der Waals surface area contributed by atoms with Crippen LogP contribution in [0.25, 0.3) is 0 Å². The van der Waals surface area contributed by atoms with Gasteiger partial charge in [-0.15, -0.1) is 0 Å². The summed E-state index contributed by atoms with van der Waals surface area (Å²) >= 11 is 0. The van der Waals surface area contributed by atoms with Gasteiger partial charge >= 0.3 is 5.97 Å². The van der Waals surface area contributed by atoms with Gasteiger partial charge in [-0.1, -0.05) is 238 Å². The normalized spacial score (nSPS) is 13.2. The van der Waals surface area contributed by atoms with E-state index in [0.29, 0.717) is 19.3 Å². The number of nitrogens with one attached hydrogen (secondary N) is 1. The van der Waals surface area contributed by atoms with Gasteiger partial charge in [0, 0.05) is 6.42 Å². The molecule has 0 spiro atoms. The molecule has 0 aliphatic rings. The van der Waals surface area contributed by atoms with Crippen molar-refractivity contribution in [1.82, 2.24) is 5.32 Å². The summed E-state index contributed by atoms with van der Waals surface area (Å²) in [5.74, 6) is -0.471. The average Bonchev–Trinajstić information content (AvgIpc) is 3.23. The van der Waals surface area contributed by atoms with Crippen LogP contribution in [0.5, 0.6) is 0 Å². The molecule has 0 aromatic rings. The first kappa shape index (κ1) is 57.6. The lowest BCUT2D eigenvalue weighted by molar-refractivity contribution is -0.151. The van der Waals surface area contributed by atoms with Crippen molar-refractivity contribution in [1.29, 1.82) is 0 Å². The Labute approximate surface area is 368 Å². The van der Waals surface area contributed by atoms with Crippen molar-refractivity contribution in [2.45, 2.75) is 309 Å². The number of esters is 1. The van der Waals surface area contributed by atoms with Crippen molar-refractivity contribution < 1.29 is 24.5 Å². The molecule has 6 heteroatoms. The third-order valence-corrected chi connectivity index (χ3v) is 12.3. The van der Waals surface area contributed by atoms with Gasteiger partial charge in [0.05, 0.1) is 25.2 Å². The number of rotatable bonds is 48. The molecule has 0 radical (unpaired) electrons.